The van der Waals surface area contributed by atoms with E-state index in [0.717, 1.165) is 43.5 Å². The van der Waals surface area contributed by atoms with Crippen LogP contribution >= 0.6 is 11.6 Å². The van der Waals surface area contributed by atoms with E-state index in [0.29, 0.717) is 24.5 Å². The average molecular weight is 721 g/mol. The molecule has 0 aromatic heterocycles. The minimum absolute atomic E-state index is 0.135. The molecule has 0 amide bonds. The zero-order valence-electron chi connectivity index (χ0n) is 28.5. The van der Waals surface area contributed by atoms with E-state index >= 15 is 0 Å². The van der Waals surface area contributed by atoms with Gasteiger partial charge in [-0.15, -0.1) is 0 Å². The molecule has 0 aliphatic carbocycles. The molecule has 266 valence electrons. The van der Waals surface area contributed by atoms with Crippen molar-refractivity contribution in [3.63, 3.8) is 0 Å². The van der Waals surface area contributed by atoms with Gasteiger partial charge >= 0.3 is 11.9 Å². The van der Waals surface area contributed by atoms with Crippen molar-refractivity contribution in [2.24, 2.45) is 0 Å². The standard InChI is InChI=1S/C21H26N2O2.C17H19ClN2O4S/c1-25-21(24)14-20-17-22(15-18-8-4-2-5-9-18)12-13-23(20)16-19-10-6-3-7-11-19;1-24-17(21)10-15-11-20(7-6-19-15)25(22,23)16-5-3-12-8-14(18)4-2-13(12)9-16/h2-11,20H,12-17H2,1H3;2-5,8-9,15,19H,6-7,10-11H2,1H3. The maximum Gasteiger partial charge on any atom is 0.307 e. The van der Waals surface area contributed by atoms with Crippen molar-refractivity contribution in [2.75, 3.05) is 53.5 Å². The smallest absolute Gasteiger partial charge is 0.307 e. The van der Waals surface area contributed by atoms with Gasteiger partial charge in [0.25, 0.3) is 0 Å². The number of carbonyl (C=O) groups excluding carboxylic acids is 2. The van der Waals surface area contributed by atoms with Crippen molar-refractivity contribution in [3.05, 3.63) is 113 Å². The molecule has 2 aliphatic heterocycles. The monoisotopic (exact) mass is 720 g/mol. The van der Waals surface area contributed by atoms with Crippen LogP contribution in [0.2, 0.25) is 5.02 Å². The summed E-state index contributed by atoms with van der Waals surface area (Å²) in [5, 5.41) is 5.46. The van der Waals surface area contributed by atoms with E-state index in [2.05, 4.69) is 68.4 Å². The Labute approximate surface area is 300 Å². The second-order valence-electron chi connectivity index (χ2n) is 12.6. The predicted octanol–water partition coefficient (Wildman–Crippen LogP) is 4.95. The van der Waals surface area contributed by atoms with Gasteiger partial charge in [0.15, 0.2) is 0 Å². The third-order valence-corrected chi connectivity index (χ3v) is 11.2. The highest BCUT2D eigenvalue weighted by Gasteiger charge is 2.32. The van der Waals surface area contributed by atoms with Crippen LogP contribution < -0.4 is 5.32 Å². The second kappa shape index (κ2) is 17.9. The molecule has 2 heterocycles. The number of nitrogens with zero attached hydrogens (tertiary/aromatic N) is 3. The third-order valence-electron chi connectivity index (χ3n) is 9.07. The number of ether oxygens (including phenoxy) is 2. The zero-order valence-corrected chi connectivity index (χ0v) is 30.1. The number of rotatable bonds is 10. The van der Waals surface area contributed by atoms with Crippen molar-refractivity contribution in [3.8, 4) is 0 Å². The van der Waals surface area contributed by atoms with Crippen molar-refractivity contribution in [1.82, 2.24) is 19.4 Å². The van der Waals surface area contributed by atoms with Crippen molar-refractivity contribution >= 4 is 44.3 Å². The first-order valence-corrected chi connectivity index (χ1v) is 18.6. The minimum atomic E-state index is -3.63. The van der Waals surface area contributed by atoms with Gasteiger partial charge in [-0.2, -0.15) is 4.31 Å². The fourth-order valence-electron chi connectivity index (χ4n) is 6.38. The first-order valence-electron chi connectivity index (χ1n) is 16.8. The lowest BCUT2D eigenvalue weighted by Gasteiger charge is -2.41. The van der Waals surface area contributed by atoms with Crippen LogP contribution in [0.4, 0.5) is 0 Å². The molecule has 2 atom stereocenters. The Hall–Kier alpha value is -3.84. The molecule has 12 heteroatoms. The van der Waals surface area contributed by atoms with Gasteiger partial charge in [-0.25, -0.2) is 8.42 Å². The summed E-state index contributed by atoms with van der Waals surface area (Å²) in [4.78, 5) is 28.4. The fraction of sp³-hybridized carbons (Fsp3) is 0.368. The molecule has 50 heavy (non-hydrogen) atoms. The number of esters is 2. The van der Waals surface area contributed by atoms with E-state index < -0.39 is 10.0 Å². The number of carbonyl (C=O) groups is 2. The van der Waals surface area contributed by atoms with Crippen LogP contribution in [0, 0.1) is 0 Å². The number of piperazine rings is 2. The van der Waals surface area contributed by atoms with E-state index in [4.69, 9.17) is 16.3 Å². The Bertz CT molecular complexity index is 1830. The quantitative estimate of drug-likeness (QED) is 0.228. The Morgan fingerprint density at radius 3 is 2.06 bits per heavy atom. The molecule has 2 saturated heterocycles. The van der Waals surface area contributed by atoms with Crippen molar-refractivity contribution < 1.29 is 27.5 Å². The molecule has 0 saturated carbocycles. The van der Waals surface area contributed by atoms with Gasteiger partial charge in [-0.3, -0.25) is 19.4 Å². The Balaban J connectivity index is 0.000000194. The minimum Gasteiger partial charge on any atom is -0.469 e. The van der Waals surface area contributed by atoms with Crippen LogP contribution in [0.5, 0.6) is 0 Å². The lowest BCUT2D eigenvalue weighted by molar-refractivity contribution is -0.143. The number of hydrogen-bond acceptors (Lipinski definition) is 9. The van der Waals surface area contributed by atoms with E-state index in [9.17, 15) is 18.0 Å². The summed E-state index contributed by atoms with van der Waals surface area (Å²) < 4.78 is 36.9. The largest absolute Gasteiger partial charge is 0.469 e. The molecule has 2 aliphatic rings. The maximum atomic E-state index is 13.0. The van der Waals surface area contributed by atoms with Crippen molar-refractivity contribution in [1.29, 1.82) is 0 Å². The van der Waals surface area contributed by atoms with Crippen LogP contribution in [0.25, 0.3) is 10.8 Å². The zero-order chi connectivity index (χ0) is 35.5. The third kappa shape index (κ3) is 10.3. The molecule has 0 spiro atoms. The van der Waals surface area contributed by atoms with Gasteiger partial charge in [0.2, 0.25) is 10.0 Å². The molecule has 4 aromatic rings. The van der Waals surface area contributed by atoms with Gasteiger partial charge in [-0.05, 0) is 46.2 Å². The molecule has 1 N–H and O–H groups in total. The number of benzene rings is 4. The Morgan fingerprint density at radius 2 is 1.38 bits per heavy atom. The van der Waals surface area contributed by atoms with Crippen LogP contribution in [-0.2, 0) is 42.2 Å². The topological polar surface area (TPSA) is 108 Å². The lowest BCUT2D eigenvalue weighted by atomic mass is 10.1. The van der Waals surface area contributed by atoms with Gasteiger partial charge in [0, 0.05) is 69.5 Å². The number of fused-ring (bicyclic) bond motifs is 1. The maximum absolute atomic E-state index is 13.0. The lowest BCUT2D eigenvalue weighted by Crippen LogP contribution is -2.53. The number of sulfonamides is 1. The highest BCUT2D eigenvalue weighted by atomic mass is 35.5. The Morgan fingerprint density at radius 1 is 0.760 bits per heavy atom. The van der Waals surface area contributed by atoms with E-state index in [1.54, 1.807) is 36.4 Å². The van der Waals surface area contributed by atoms with E-state index in [1.807, 2.05) is 12.1 Å². The van der Waals surface area contributed by atoms with Crippen LogP contribution in [-0.4, -0.2) is 100 Å². The summed E-state index contributed by atoms with van der Waals surface area (Å²) in [5.41, 5.74) is 2.60. The van der Waals surface area contributed by atoms with Gasteiger partial charge < -0.3 is 14.8 Å². The first-order chi connectivity index (χ1) is 24.1. The summed E-state index contributed by atoms with van der Waals surface area (Å²) >= 11 is 5.97. The van der Waals surface area contributed by atoms with Gasteiger partial charge in [0.05, 0.1) is 32.0 Å². The summed E-state index contributed by atoms with van der Waals surface area (Å²) in [6, 6.07) is 31.2. The van der Waals surface area contributed by atoms with Crippen LogP contribution in [0.3, 0.4) is 0 Å². The average Bonchev–Trinajstić information content (AvgIpc) is 3.13. The highest BCUT2D eigenvalue weighted by molar-refractivity contribution is 7.89. The first kappa shape index (κ1) is 37.4. The van der Waals surface area contributed by atoms with E-state index in [1.165, 1.54) is 29.7 Å². The van der Waals surface area contributed by atoms with Crippen LogP contribution in [0.15, 0.2) is 102 Å². The molecule has 2 fully saturated rings. The summed E-state index contributed by atoms with van der Waals surface area (Å²) in [6.45, 7) is 5.75. The molecule has 0 bridgehead atoms. The van der Waals surface area contributed by atoms with Gasteiger partial charge in [0.1, 0.15) is 0 Å². The van der Waals surface area contributed by atoms with Crippen LogP contribution in [0.1, 0.15) is 24.0 Å². The molecule has 0 radical (unpaired) electrons. The van der Waals surface area contributed by atoms with Crippen molar-refractivity contribution in [2.45, 2.75) is 42.9 Å². The molecule has 4 aromatic carbocycles. The SMILES string of the molecule is COC(=O)CC1CN(Cc2ccccc2)CCN1Cc1ccccc1.COC(=O)CC1CN(S(=O)(=O)c2ccc3cc(Cl)ccc3c2)CCN1. The number of hydrogen-bond donors (Lipinski definition) is 1. The fourth-order valence-corrected chi connectivity index (χ4v) is 8.08. The summed E-state index contributed by atoms with van der Waals surface area (Å²) in [5.74, 6) is -0.496. The predicted molar refractivity (Wildman–Crippen MR) is 195 cm³/mol. The molecular weight excluding hydrogens is 676 g/mol. The Kier molecular flexibility index (Phi) is 13.4. The molecular formula is C38H45ClN4O6S. The number of methoxy groups -OCH3 is 2. The highest BCUT2D eigenvalue weighted by Crippen LogP contribution is 2.25. The summed E-state index contributed by atoms with van der Waals surface area (Å²) in [7, 11) is -0.844. The normalized spacial score (nSPS) is 18.9. The van der Waals surface area contributed by atoms with Gasteiger partial charge in [-0.1, -0.05) is 84.4 Å². The van der Waals surface area contributed by atoms with E-state index in [-0.39, 0.29) is 41.9 Å². The molecule has 2 unspecified atom stereocenters. The molecule has 10 nitrogen and oxygen atoms in total. The second-order valence-corrected chi connectivity index (χ2v) is 14.9. The molecule has 6 rings (SSSR count). The number of nitrogens with one attached hydrogen (secondary N) is 1. The number of halogens is 1. The summed E-state index contributed by atoms with van der Waals surface area (Å²) in [6.07, 6.45) is 0.577.